The summed E-state index contributed by atoms with van der Waals surface area (Å²) in [7, 11) is 1.67. The van der Waals surface area contributed by atoms with Crippen LogP contribution in [0, 0.1) is 0 Å². The fourth-order valence-electron chi connectivity index (χ4n) is 2.63. The van der Waals surface area contributed by atoms with Crippen molar-refractivity contribution in [2.75, 3.05) is 12.4 Å². The van der Waals surface area contributed by atoms with Crippen LogP contribution in [0.2, 0.25) is 0 Å². The second kappa shape index (κ2) is 9.00. The third kappa shape index (κ3) is 5.81. The molecule has 1 aromatic heterocycles. The number of carbonyl (C=O) groups excluding carboxylic acids is 2. The molecule has 0 radical (unpaired) electrons. The number of carbonyl (C=O) groups is 2. The van der Waals surface area contributed by atoms with Gasteiger partial charge in [-0.1, -0.05) is 15.9 Å². The Bertz CT molecular complexity index is 789. The fourth-order valence-corrected chi connectivity index (χ4v) is 3.95. The molecule has 0 N–H and O–H groups in total. The molecular formula is C20H25BrO4S. The third-order valence-electron chi connectivity index (χ3n) is 3.75. The minimum atomic E-state index is -0.528. The Kier molecular flexibility index (Phi) is 7.24. The van der Waals surface area contributed by atoms with E-state index in [1.807, 2.05) is 32.9 Å². The molecule has 0 aliphatic carbocycles. The van der Waals surface area contributed by atoms with Gasteiger partial charge in [0.25, 0.3) is 0 Å². The van der Waals surface area contributed by atoms with E-state index in [2.05, 4.69) is 22.0 Å². The number of hydrogen-bond donors (Lipinski definition) is 0. The number of Topliss-reactive ketones (excluding diaryl/α,β-unsaturated/α-hetero) is 1. The molecule has 1 aromatic carbocycles. The SMILES string of the molecule is COc1cc2sc(C(=O)CCC(=O)OC(C)(C)C)cc2cc1CCCBr. The van der Waals surface area contributed by atoms with Crippen LogP contribution >= 0.6 is 27.3 Å². The summed E-state index contributed by atoms with van der Waals surface area (Å²) in [6.45, 7) is 5.46. The number of fused-ring (bicyclic) bond motifs is 1. The lowest BCUT2D eigenvalue weighted by molar-refractivity contribution is -0.154. The number of rotatable bonds is 8. The highest BCUT2D eigenvalue weighted by Gasteiger charge is 2.19. The lowest BCUT2D eigenvalue weighted by Gasteiger charge is -2.19. The smallest absolute Gasteiger partial charge is 0.306 e. The Morgan fingerprint density at radius 3 is 2.50 bits per heavy atom. The van der Waals surface area contributed by atoms with Gasteiger partial charge in [0.1, 0.15) is 11.4 Å². The molecule has 6 heteroatoms. The molecule has 2 aromatic rings. The maximum Gasteiger partial charge on any atom is 0.306 e. The summed E-state index contributed by atoms with van der Waals surface area (Å²) in [6, 6.07) is 6.00. The Labute approximate surface area is 167 Å². The molecule has 0 fully saturated rings. The molecule has 0 spiro atoms. The average molecular weight is 441 g/mol. The molecule has 0 atom stereocenters. The van der Waals surface area contributed by atoms with Crippen molar-refractivity contribution in [3.63, 3.8) is 0 Å². The molecular weight excluding hydrogens is 416 g/mol. The maximum absolute atomic E-state index is 12.5. The Hall–Kier alpha value is -1.40. The van der Waals surface area contributed by atoms with Gasteiger partial charge in [0.05, 0.1) is 18.4 Å². The highest BCUT2D eigenvalue weighted by molar-refractivity contribution is 9.09. The number of methoxy groups -OCH3 is 1. The van der Waals surface area contributed by atoms with Gasteiger partial charge in [-0.2, -0.15) is 0 Å². The molecule has 0 bridgehead atoms. The van der Waals surface area contributed by atoms with E-state index in [0.29, 0.717) is 4.88 Å². The molecule has 0 aliphatic rings. The standard InChI is InChI=1S/C20H25BrO4S/c1-20(2,3)25-19(23)8-7-15(22)18-11-14-10-13(6-5-9-21)16(24-4)12-17(14)26-18/h10-12H,5-9H2,1-4H3. The van der Waals surface area contributed by atoms with E-state index >= 15 is 0 Å². The predicted molar refractivity (Wildman–Crippen MR) is 110 cm³/mol. The van der Waals surface area contributed by atoms with Gasteiger partial charge in [-0.15, -0.1) is 11.3 Å². The number of ketones is 1. The Balaban J connectivity index is 2.12. The molecule has 0 amide bonds. The molecule has 2 rings (SSSR count). The van der Waals surface area contributed by atoms with E-state index < -0.39 is 5.60 Å². The van der Waals surface area contributed by atoms with Crippen LogP contribution < -0.4 is 4.74 Å². The van der Waals surface area contributed by atoms with Crippen molar-refractivity contribution in [3.05, 3.63) is 28.6 Å². The van der Waals surface area contributed by atoms with Gasteiger partial charge in [0.2, 0.25) is 0 Å². The molecule has 0 unspecified atom stereocenters. The lowest BCUT2D eigenvalue weighted by Crippen LogP contribution is -2.24. The van der Waals surface area contributed by atoms with Gasteiger partial charge in [0, 0.05) is 16.5 Å². The van der Waals surface area contributed by atoms with E-state index in [-0.39, 0.29) is 24.6 Å². The minimum Gasteiger partial charge on any atom is -0.496 e. The van der Waals surface area contributed by atoms with Gasteiger partial charge < -0.3 is 9.47 Å². The highest BCUT2D eigenvalue weighted by Crippen LogP contribution is 2.33. The maximum atomic E-state index is 12.5. The van der Waals surface area contributed by atoms with Crippen LogP contribution in [0.15, 0.2) is 18.2 Å². The molecule has 0 aliphatic heterocycles. The number of ether oxygens (including phenoxy) is 2. The summed E-state index contributed by atoms with van der Waals surface area (Å²) in [5.41, 5.74) is 0.616. The monoisotopic (exact) mass is 440 g/mol. The van der Waals surface area contributed by atoms with Gasteiger partial charge in [0.15, 0.2) is 5.78 Å². The topological polar surface area (TPSA) is 52.6 Å². The first-order chi connectivity index (χ1) is 12.2. The summed E-state index contributed by atoms with van der Waals surface area (Å²) in [4.78, 5) is 24.9. The zero-order valence-electron chi connectivity index (χ0n) is 15.7. The van der Waals surface area contributed by atoms with E-state index in [0.717, 1.165) is 39.6 Å². The van der Waals surface area contributed by atoms with E-state index in [9.17, 15) is 9.59 Å². The van der Waals surface area contributed by atoms with Crippen LogP contribution in [-0.2, 0) is 16.0 Å². The minimum absolute atomic E-state index is 0.0296. The number of benzene rings is 1. The number of aryl methyl sites for hydroxylation is 1. The van der Waals surface area contributed by atoms with Crippen LogP contribution in [-0.4, -0.2) is 29.8 Å². The quantitative estimate of drug-likeness (QED) is 0.307. The van der Waals surface area contributed by atoms with Crippen molar-refractivity contribution < 1.29 is 19.1 Å². The van der Waals surface area contributed by atoms with Crippen LogP contribution in [0.3, 0.4) is 0 Å². The molecule has 1 heterocycles. The molecule has 4 nitrogen and oxygen atoms in total. The van der Waals surface area contributed by atoms with Crippen molar-refractivity contribution in [2.24, 2.45) is 0 Å². The van der Waals surface area contributed by atoms with Crippen LogP contribution in [0.1, 0.15) is 55.3 Å². The van der Waals surface area contributed by atoms with Crippen LogP contribution in [0.5, 0.6) is 5.75 Å². The zero-order chi connectivity index (χ0) is 19.3. The summed E-state index contributed by atoms with van der Waals surface area (Å²) in [5, 5.41) is 1.98. The van der Waals surface area contributed by atoms with Gasteiger partial charge in [-0.05, 0) is 62.8 Å². The van der Waals surface area contributed by atoms with Crippen molar-refractivity contribution in [1.29, 1.82) is 0 Å². The summed E-state index contributed by atoms with van der Waals surface area (Å²) < 4.78 is 11.8. The third-order valence-corrected chi connectivity index (χ3v) is 5.45. The normalized spacial score (nSPS) is 11.6. The largest absolute Gasteiger partial charge is 0.496 e. The van der Waals surface area contributed by atoms with Gasteiger partial charge in [-0.3, -0.25) is 9.59 Å². The first-order valence-electron chi connectivity index (χ1n) is 8.65. The summed E-state index contributed by atoms with van der Waals surface area (Å²) >= 11 is 4.89. The Morgan fingerprint density at radius 1 is 1.15 bits per heavy atom. The van der Waals surface area contributed by atoms with Gasteiger partial charge >= 0.3 is 5.97 Å². The van der Waals surface area contributed by atoms with Crippen molar-refractivity contribution in [2.45, 2.75) is 52.1 Å². The highest BCUT2D eigenvalue weighted by atomic mass is 79.9. The number of hydrogen-bond acceptors (Lipinski definition) is 5. The van der Waals surface area contributed by atoms with Crippen LogP contribution in [0.25, 0.3) is 10.1 Å². The van der Waals surface area contributed by atoms with Crippen molar-refractivity contribution >= 4 is 49.1 Å². The Morgan fingerprint density at radius 2 is 1.88 bits per heavy atom. The molecule has 142 valence electrons. The second-order valence-electron chi connectivity index (χ2n) is 7.11. The predicted octanol–water partition coefficient (Wildman–Crippen LogP) is 5.54. The van der Waals surface area contributed by atoms with Gasteiger partial charge in [-0.25, -0.2) is 0 Å². The number of thiophene rings is 1. The average Bonchev–Trinajstić information content (AvgIpc) is 2.98. The van der Waals surface area contributed by atoms with Crippen molar-refractivity contribution in [3.8, 4) is 5.75 Å². The number of alkyl halides is 1. The molecule has 0 saturated heterocycles. The van der Waals surface area contributed by atoms with Crippen LogP contribution in [0.4, 0.5) is 0 Å². The first kappa shape index (κ1) is 20.9. The second-order valence-corrected chi connectivity index (χ2v) is 8.99. The molecule has 0 saturated carbocycles. The van der Waals surface area contributed by atoms with E-state index in [4.69, 9.17) is 9.47 Å². The van der Waals surface area contributed by atoms with E-state index in [1.165, 1.54) is 11.3 Å². The summed E-state index contributed by atoms with van der Waals surface area (Å²) in [5.74, 6) is 0.483. The fraction of sp³-hybridized carbons (Fsp3) is 0.500. The van der Waals surface area contributed by atoms with Crippen molar-refractivity contribution in [1.82, 2.24) is 0 Å². The first-order valence-corrected chi connectivity index (χ1v) is 10.6. The number of halogens is 1. The number of esters is 1. The molecule has 26 heavy (non-hydrogen) atoms. The summed E-state index contributed by atoms with van der Waals surface area (Å²) in [6.07, 6.45) is 2.20. The van der Waals surface area contributed by atoms with E-state index in [1.54, 1.807) is 7.11 Å². The zero-order valence-corrected chi connectivity index (χ0v) is 18.1. The lowest BCUT2D eigenvalue weighted by atomic mass is 10.1.